The van der Waals surface area contributed by atoms with Gasteiger partial charge in [0.2, 0.25) is 0 Å². The van der Waals surface area contributed by atoms with E-state index < -0.39 is 12.1 Å². The maximum absolute atomic E-state index is 12.5. The van der Waals surface area contributed by atoms with Gasteiger partial charge in [-0.25, -0.2) is 0 Å². The largest absolute Gasteiger partial charge is 0.471 e. The summed E-state index contributed by atoms with van der Waals surface area (Å²) in [5, 5.41) is 0. The molecule has 0 aliphatic rings. The van der Waals surface area contributed by atoms with Gasteiger partial charge in [0, 0.05) is 32.9 Å². The molecule has 1 amide bonds. The number of rotatable bonds is 13. The van der Waals surface area contributed by atoms with E-state index in [1.165, 1.54) is 19.1 Å². The summed E-state index contributed by atoms with van der Waals surface area (Å²) in [6, 6.07) is 6.53. The summed E-state index contributed by atoms with van der Waals surface area (Å²) in [6.07, 6.45) is 1.65. The average molecular weight is 417 g/mol. The predicted molar refractivity (Wildman–Crippen MR) is 105 cm³/mol. The zero-order chi connectivity index (χ0) is 21.7. The lowest BCUT2D eigenvalue weighted by molar-refractivity contribution is -0.170. The highest BCUT2D eigenvalue weighted by atomic mass is 19.4. The van der Waals surface area contributed by atoms with Gasteiger partial charge >= 0.3 is 18.1 Å². The fourth-order valence-electron chi connectivity index (χ4n) is 2.70. The van der Waals surface area contributed by atoms with Crippen molar-refractivity contribution in [3.05, 3.63) is 29.8 Å². The van der Waals surface area contributed by atoms with Crippen LogP contribution < -0.4 is 4.90 Å². The van der Waals surface area contributed by atoms with Crippen molar-refractivity contribution >= 4 is 17.6 Å². The van der Waals surface area contributed by atoms with Crippen LogP contribution in [0.15, 0.2) is 24.3 Å². The molecule has 1 aromatic rings. The minimum atomic E-state index is -4.88. The number of esters is 1. The molecular weight excluding hydrogens is 387 g/mol. The van der Waals surface area contributed by atoms with Crippen molar-refractivity contribution in [2.24, 2.45) is 0 Å². The van der Waals surface area contributed by atoms with E-state index in [4.69, 9.17) is 9.47 Å². The molecule has 1 rings (SSSR count). The Bertz CT molecular complexity index is 617. The van der Waals surface area contributed by atoms with Gasteiger partial charge in [-0.3, -0.25) is 9.59 Å². The summed E-state index contributed by atoms with van der Waals surface area (Å²) in [4.78, 5) is 22.4. The van der Waals surface area contributed by atoms with Crippen molar-refractivity contribution < 1.29 is 32.2 Å². The number of hydrogen-bond acceptors (Lipinski definition) is 4. The number of anilines is 1. The number of unbranched alkanes of at least 4 members (excludes halogenated alkanes) is 4. The number of aryl methyl sites for hydroxylation is 1. The van der Waals surface area contributed by atoms with E-state index >= 15 is 0 Å². The van der Waals surface area contributed by atoms with Crippen molar-refractivity contribution in [2.45, 2.75) is 58.0 Å². The van der Waals surface area contributed by atoms with Crippen LogP contribution in [0, 0.1) is 0 Å². The molecule has 29 heavy (non-hydrogen) atoms. The SMILES string of the molecule is CC(=O)OCCCCCCOCCCCc1ccc(N(C)C(=O)C(F)(F)F)cc1. The Balaban J connectivity index is 2.09. The van der Waals surface area contributed by atoms with Gasteiger partial charge in [-0.05, 0) is 56.2 Å². The molecule has 0 saturated carbocycles. The maximum Gasteiger partial charge on any atom is 0.471 e. The van der Waals surface area contributed by atoms with E-state index in [9.17, 15) is 22.8 Å². The third-order valence-electron chi connectivity index (χ3n) is 4.36. The Kier molecular flexibility index (Phi) is 11.3. The monoisotopic (exact) mass is 417 g/mol. The summed E-state index contributed by atoms with van der Waals surface area (Å²) < 4.78 is 47.8. The van der Waals surface area contributed by atoms with E-state index in [0.717, 1.165) is 57.6 Å². The number of halogens is 3. The minimum Gasteiger partial charge on any atom is -0.466 e. The number of alkyl halides is 3. The fraction of sp³-hybridized carbons (Fsp3) is 0.619. The van der Waals surface area contributed by atoms with Gasteiger partial charge in [-0.2, -0.15) is 13.2 Å². The fourth-order valence-corrected chi connectivity index (χ4v) is 2.70. The summed E-state index contributed by atoms with van der Waals surface area (Å²) in [6.45, 7) is 3.27. The molecule has 0 spiro atoms. The molecule has 0 heterocycles. The first kappa shape index (κ1) is 24.9. The second-order valence-corrected chi connectivity index (χ2v) is 6.85. The Morgan fingerprint density at radius 3 is 2.00 bits per heavy atom. The van der Waals surface area contributed by atoms with E-state index in [1.807, 2.05) is 0 Å². The number of nitrogens with zero attached hydrogens (tertiary/aromatic N) is 1. The van der Waals surface area contributed by atoms with Crippen LogP contribution in [0.3, 0.4) is 0 Å². The quantitative estimate of drug-likeness (QED) is 0.346. The van der Waals surface area contributed by atoms with Gasteiger partial charge in [-0.15, -0.1) is 0 Å². The van der Waals surface area contributed by atoms with Crippen LogP contribution in [0.25, 0.3) is 0 Å². The zero-order valence-corrected chi connectivity index (χ0v) is 17.1. The molecule has 0 bridgehead atoms. The molecule has 0 atom stereocenters. The van der Waals surface area contributed by atoms with Crippen LogP contribution >= 0.6 is 0 Å². The topological polar surface area (TPSA) is 55.8 Å². The first-order valence-corrected chi connectivity index (χ1v) is 9.86. The second kappa shape index (κ2) is 13.2. The number of benzene rings is 1. The number of carbonyl (C=O) groups excluding carboxylic acids is 2. The van der Waals surface area contributed by atoms with Crippen LogP contribution in [-0.2, 0) is 25.5 Å². The van der Waals surface area contributed by atoms with Gasteiger partial charge in [0.25, 0.3) is 0 Å². The normalized spacial score (nSPS) is 11.3. The molecule has 0 aliphatic carbocycles. The van der Waals surface area contributed by atoms with Crippen LogP contribution in [0.4, 0.5) is 18.9 Å². The Labute approximate surface area is 170 Å². The first-order chi connectivity index (χ1) is 13.7. The van der Waals surface area contributed by atoms with Crippen molar-refractivity contribution in [1.82, 2.24) is 0 Å². The van der Waals surface area contributed by atoms with Gasteiger partial charge in [-0.1, -0.05) is 18.6 Å². The zero-order valence-electron chi connectivity index (χ0n) is 17.1. The predicted octanol–water partition coefficient (Wildman–Crippen LogP) is 4.67. The molecule has 5 nitrogen and oxygen atoms in total. The van der Waals surface area contributed by atoms with Crippen LogP contribution in [0.5, 0.6) is 0 Å². The van der Waals surface area contributed by atoms with E-state index in [2.05, 4.69) is 0 Å². The summed E-state index contributed by atoms with van der Waals surface area (Å²) in [5.74, 6) is -2.13. The molecule has 0 aliphatic heterocycles. The van der Waals surface area contributed by atoms with Gasteiger partial charge in [0.05, 0.1) is 6.61 Å². The van der Waals surface area contributed by atoms with Crippen molar-refractivity contribution in [3.63, 3.8) is 0 Å². The molecule has 164 valence electrons. The first-order valence-electron chi connectivity index (χ1n) is 9.86. The highest BCUT2D eigenvalue weighted by Gasteiger charge is 2.41. The van der Waals surface area contributed by atoms with Crippen LogP contribution in [0.2, 0.25) is 0 Å². The van der Waals surface area contributed by atoms with Gasteiger partial charge < -0.3 is 14.4 Å². The third-order valence-corrected chi connectivity index (χ3v) is 4.36. The number of carbonyl (C=O) groups is 2. The molecule has 0 aromatic heterocycles. The second-order valence-electron chi connectivity index (χ2n) is 6.85. The molecule has 0 unspecified atom stereocenters. The Morgan fingerprint density at radius 1 is 0.897 bits per heavy atom. The van der Waals surface area contributed by atoms with Gasteiger partial charge in [0.1, 0.15) is 0 Å². The van der Waals surface area contributed by atoms with E-state index in [1.54, 1.807) is 12.1 Å². The average Bonchev–Trinajstić information content (AvgIpc) is 2.67. The highest BCUT2D eigenvalue weighted by Crippen LogP contribution is 2.23. The summed E-state index contributed by atoms with van der Waals surface area (Å²) >= 11 is 0. The van der Waals surface area contributed by atoms with Crippen molar-refractivity contribution in [2.75, 3.05) is 31.8 Å². The lowest BCUT2D eigenvalue weighted by Gasteiger charge is -2.19. The van der Waals surface area contributed by atoms with Crippen LogP contribution in [0.1, 0.15) is 51.0 Å². The number of hydrogen-bond donors (Lipinski definition) is 0. The molecule has 8 heteroatoms. The summed E-state index contributed by atoms with van der Waals surface area (Å²) in [5.41, 5.74) is 1.22. The highest BCUT2D eigenvalue weighted by molar-refractivity contribution is 5.96. The van der Waals surface area contributed by atoms with Crippen molar-refractivity contribution in [1.29, 1.82) is 0 Å². The minimum absolute atomic E-state index is 0.215. The lowest BCUT2D eigenvalue weighted by Crippen LogP contribution is -2.38. The van der Waals surface area contributed by atoms with Gasteiger partial charge in [0.15, 0.2) is 0 Å². The number of amides is 1. The lowest BCUT2D eigenvalue weighted by atomic mass is 10.1. The standard InChI is InChI=1S/C21H30F3NO4/c1-17(26)29-16-7-4-3-6-14-28-15-8-5-9-18-10-12-19(13-11-18)25(2)20(27)21(22,23)24/h10-13H,3-9,14-16H2,1-2H3. The Morgan fingerprint density at radius 2 is 1.45 bits per heavy atom. The Hall–Kier alpha value is -2.09. The van der Waals surface area contributed by atoms with Crippen LogP contribution in [-0.4, -0.2) is 44.9 Å². The smallest absolute Gasteiger partial charge is 0.466 e. The summed E-state index contributed by atoms with van der Waals surface area (Å²) in [7, 11) is 1.11. The van der Waals surface area contributed by atoms with E-state index in [-0.39, 0.29) is 11.7 Å². The third kappa shape index (κ3) is 10.9. The molecule has 1 aromatic carbocycles. The molecule has 0 radical (unpaired) electrons. The molecular formula is C21H30F3NO4. The number of ether oxygens (including phenoxy) is 2. The molecule has 0 fully saturated rings. The van der Waals surface area contributed by atoms with E-state index in [0.29, 0.717) is 24.7 Å². The molecule has 0 saturated heterocycles. The maximum atomic E-state index is 12.5. The molecule has 0 N–H and O–H groups in total. The van der Waals surface area contributed by atoms with Crippen molar-refractivity contribution in [3.8, 4) is 0 Å².